The van der Waals surface area contributed by atoms with Gasteiger partial charge < -0.3 is 15.5 Å². The van der Waals surface area contributed by atoms with E-state index in [-0.39, 0.29) is 17.5 Å². The predicted molar refractivity (Wildman–Crippen MR) is 75.6 cm³/mol. The maximum absolute atomic E-state index is 12.1. The molecular weight excluding hydrogens is 292 g/mol. The maximum atomic E-state index is 12.1. The number of amides is 1. The van der Waals surface area contributed by atoms with Crippen molar-refractivity contribution in [1.82, 2.24) is 5.32 Å². The molecule has 0 bridgehead atoms. The highest BCUT2D eigenvalue weighted by Gasteiger charge is 2.27. The molecule has 0 heterocycles. The molecule has 0 spiro atoms. The lowest BCUT2D eigenvalue weighted by Crippen LogP contribution is -2.38. The monoisotopic (exact) mass is 308 g/mol. The van der Waals surface area contributed by atoms with E-state index in [9.17, 15) is 24.8 Å². The molecule has 0 radical (unpaired) electrons. The van der Waals surface area contributed by atoms with Crippen LogP contribution in [0.15, 0.2) is 18.2 Å². The van der Waals surface area contributed by atoms with Gasteiger partial charge in [-0.3, -0.25) is 19.7 Å². The average Bonchev–Trinajstić information content (AvgIpc) is 2.47. The standard InChI is InChI=1S/C14H16N2O6/c17-12-7-9(3-6-11(12)16(21)22)13(18)15-10-4-1-8(2-5-10)14(19)20/h3,6-8,10,17H,1-2,4-5H2,(H,15,18)(H,19,20). The molecule has 0 aliphatic heterocycles. The molecule has 118 valence electrons. The molecule has 1 fully saturated rings. The summed E-state index contributed by atoms with van der Waals surface area (Å²) in [6, 6.07) is 3.28. The number of aromatic hydroxyl groups is 1. The lowest BCUT2D eigenvalue weighted by molar-refractivity contribution is -0.385. The second-order valence-corrected chi connectivity index (χ2v) is 5.32. The van der Waals surface area contributed by atoms with Crippen molar-refractivity contribution in [3.8, 4) is 5.75 Å². The summed E-state index contributed by atoms with van der Waals surface area (Å²) < 4.78 is 0. The Labute approximate surface area is 125 Å². The van der Waals surface area contributed by atoms with Gasteiger partial charge in [0.1, 0.15) is 0 Å². The molecule has 1 saturated carbocycles. The number of nitro groups is 1. The minimum Gasteiger partial charge on any atom is -0.502 e. The molecule has 1 aromatic rings. The number of benzene rings is 1. The molecule has 0 atom stereocenters. The summed E-state index contributed by atoms with van der Waals surface area (Å²) in [5.41, 5.74) is -0.332. The molecule has 0 aromatic heterocycles. The van der Waals surface area contributed by atoms with Gasteiger partial charge in [0.2, 0.25) is 0 Å². The normalized spacial score (nSPS) is 21.1. The molecule has 1 amide bonds. The van der Waals surface area contributed by atoms with Crippen LogP contribution in [-0.2, 0) is 4.79 Å². The maximum Gasteiger partial charge on any atom is 0.310 e. The molecular formula is C14H16N2O6. The van der Waals surface area contributed by atoms with E-state index in [0.29, 0.717) is 25.7 Å². The van der Waals surface area contributed by atoms with E-state index >= 15 is 0 Å². The highest BCUT2D eigenvalue weighted by molar-refractivity contribution is 5.95. The van der Waals surface area contributed by atoms with E-state index in [0.717, 1.165) is 12.1 Å². The van der Waals surface area contributed by atoms with Gasteiger partial charge in [0.15, 0.2) is 5.75 Å². The predicted octanol–water partition coefficient (Wildman–Crippen LogP) is 1.67. The number of carbonyl (C=O) groups is 2. The minimum atomic E-state index is -0.815. The zero-order valence-electron chi connectivity index (χ0n) is 11.7. The first-order valence-electron chi connectivity index (χ1n) is 6.89. The molecule has 1 aromatic carbocycles. The van der Waals surface area contributed by atoms with E-state index in [1.807, 2.05) is 0 Å². The fourth-order valence-corrected chi connectivity index (χ4v) is 2.57. The average molecular weight is 308 g/mol. The third-order valence-electron chi connectivity index (χ3n) is 3.85. The van der Waals surface area contributed by atoms with E-state index in [4.69, 9.17) is 5.11 Å². The Bertz CT molecular complexity index is 607. The van der Waals surface area contributed by atoms with Crippen molar-refractivity contribution in [3.05, 3.63) is 33.9 Å². The number of hydrogen-bond acceptors (Lipinski definition) is 5. The quantitative estimate of drug-likeness (QED) is 0.573. The number of carboxylic acid groups (broad SMARTS) is 1. The van der Waals surface area contributed by atoms with E-state index in [1.165, 1.54) is 6.07 Å². The molecule has 0 saturated heterocycles. The van der Waals surface area contributed by atoms with Crippen molar-refractivity contribution < 1.29 is 24.7 Å². The van der Waals surface area contributed by atoms with Gasteiger partial charge in [0.25, 0.3) is 5.91 Å². The summed E-state index contributed by atoms with van der Waals surface area (Å²) in [6.45, 7) is 0. The van der Waals surface area contributed by atoms with E-state index in [1.54, 1.807) is 0 Å². The van der Waals surface area contributed by atoms with Crippen LogP contribution in [0.4, 0.5) is 5.69 Å². The lowest BCUT2D eigenvalue weighted by atomic mass is 9.86. The number of nitro benzene ring substituents is 1. The Morgan fingerprint density at radius 2 is 1.86 bits per heavy atom. The number of carboxylic acids is 1. The zero-order valence-corrected chi connectivity index (χ0v) is 11.7. The van der Waals surface area contributed by atoms with Gasteiger partial charge in [-0.05, 0) is 37.8 Å². The number of hydrogen-bond donors (Lipinski definition) is 3. The van der Waals surface area contributed by atoms with Gasteiger partial charge >= 0.3 is 11.7 Å². The van der Waals surface area contributed by atoms with Crippen LogP contribution in [0.1, 0.15) is 36.0 Å². The summed E-state index contributed by atoms with van der Waals surface area (Å²) in [7, 11) is 0. The number of phenols is 1. The number of phenolic OH excluding ortho intramolecular Hbond substituents is 1. The summed E-state index contributed by atoms with van der Waals surface area (Å²) in [5, 5.41) is 31.8. The lowest BCUT2D eigenvalue weighted by Gasteiger charge is -2.26. The fraction of sp³-hybridized carbons (Fsp3) is 0.429. The third-order valence-corrected chi connectivity index (χ3v) is 3.85. The van der Waals surface area contributed by atoms with Gasteiger partial charge in [0.05, 0.1) is 10.8 Å². The highest BCUT2D eigenvalue weighted by Crippen LogP contribution is 2.27. The van der Waals surface area contributed by atoms with Gasteiger partial charge in [-0.1, -0.05) is 0 Å². The molecule has 8 heteroatoms. The van der Waals surface area contributed by atoms with Crippen molar-refractivity contribution in [2.24, 2.45) is 5.92 Å². The van der Waals surface area contributed by atoms with Gasteiger partial charge in [-0.2, -0.15) is 0 Å². The first-order chi connectivity index (χ1) is 10.4. The molecule has 3 N–H and O–H groups in total. The van der Waals surface area contributed by atoms with Crippen LogP contribution in [0, 0.1) is 16.0 Å². The van der Waals surface area contributed by atoms with Gasteiger partial charge in [-0.15, -0.1) is 0 Å². The first kappa shape index (κ1) is 15.7. The van der Waals surface area contributed by atoms with Crippen LogP contribution in [0.25, 0.3) is 0 Å². The number of rotatable bonds is 4. The third kappa shape index (κ3) is 3.51. The van der Waals surface area contributed by atoms with Crippen LogP contribution in [0.3, 0.4) is 0 Å². The van der Waals surface area contributed by atoms with Crippen LogP contribution in [0.2, 0.25) is 0 Å². The number of nitrogens with one attached hydrogen (secondary N) is 1. The highest BCUT2D eigenvalue weighted by atomic mass is 16.6. The van der Waals surface area contributed by atoms with Crippen LogP contribution < -0.4 is 5.32 Å². The number of aliphatic carboxylic acids is 1. The Morgan fingerprint density at radius 1 is 1.23 bits per heavy atom. The summed E-state index contributed by atoms with van der Waals surface area (Å²) in [5.74, 6) is -2.18. The molecule has 8 nitrogen and oxygen atoms in total. The van der Waals surface area contributed by atoms with Crippen LogP contribution in [0.5, 0.6) is 5.75 Å². The molecule has 22 heavy (non-hydrogen) atoms. The Kier molecular flexibility index (Phi) is 4.59. The summed E-state index contributed by atoms with van der Waals surface area (Å²) in [4.78, 5) is 32.8. The van der Waals surface area contributed by atoms with Crippen molar-refractivity contribution >= 4 is 17.6 Å². The second-order valence-electron chi connectivity index (χ2n) is 5.32. The van der Waals surface area contributed by atoms with E-state index < -0.39 is 28.2 Å². The van der Waals surface area contributed by atoms with Crippen molar-refractivity contribution in [2.45, 2.75) is 31.7 Å². The largest absolute Gasteiger partial charge is 0.502 e. The van der Waals surface area contributed by atoms with Crippen molar-refractivity contribution in [1.29, 1.82) is 0 Å². The Hall–Kier alpha value is -2.64. The van der Waals surface area contributed by atoms with E-state index in [2.05, 4.69) is 5.32 Å². The number of carbonyl (C=O) groups excluding carboxylic acids is 1. The first-order valence-corrected chi connectivity index (χ1v) is 6.89. The SMILES string of the molecule is O=C(NC1CCC(C(=O)O)CC1)c1ccc([N+](=O)[O-])c(O)c1. The summed E-state index contributed by atoms with van der Waals surface area (Å²) in [6.07, 6.45) is 2.15. The van der Waals surface area contributed by atoms with Crippen LogP contribution >= 0.6 is 0 Å². The van der Waals surface area contributed by atoms with Gasteiger partial charge in [0, 0.05) is 17.7 Å². The zero-order chi connectivity index (χ0) is 16.3. The topological polar surface area (TPSA) is 130 Å². The van der Waals surface area contributed by atoms with Crippen molar-refractivity contribution in [2.75, 3.05) is 0 Å². The van der Waals surface area contributed by atoms with Crippen LogP contribution in [-0.4, -0.2) is 33.1 Å². The molecule has 1 aliphatic carbocycles. The Morgan fingerprint density at radius 3 is 2.36 bits per heavy atom. The molecule has 0 unspecified atom stereocenters. The fourth-order valence-electron chi connectivity index (χ4n) is 2.57. The molecule has 1 aliphatic rings. The number of nitrogens with zero attached hydrogens (tertiary/aromatic N) is 1. The smallest absolute Gasteiger partial charge is 0.310 e. The van der Waals surface area contributed by atoms with Crippen molar-refractivity contribution in [3.63, 3.8) is 0 Å². The second kappa shape index (κ2) is 6.42. The molecule has 2 rings (SSSR count). The minimum absolute atomic E-state index is 0.125. The summed E-state index contributed by atoms with van der Waals surface area (Å²) >= 11 is 0. The van der Waals surface area contributed by atoms with Gasteiger partial charge in [-0.25, -0.2) is 0 Å². The Balaban J connectivity index is 1.97.